The minimum absolute atomic E-state index is 0.0927. The predicted octanol–water partition coefficient (Wildman–Crippen LogP) is 2.08. The number of hydrogen-bond donors (Lipinski definition) is 3. The van der Waals surface area contributed by atoms with Gasteiger partial charge in [0.25, 0.3) is 11.9 Å². The Morgan fingerprint density at radius 2 is 1.75 bits per heavy atom. The second kappa shape index (κ2) is 12.5. The normalized spacial score (nSPS) is 14.4. The van der Waals surface area contributed by atoms with Gasteiger partial charge in [-0.1, -0.05) is 17.2 Å². The van der Waals surface area contributed by atoms with Crippen molar-refractivity contribution in [2.24, 2.45) is 0 Å². The molecule has 11 heteroatoms. The summed E-state index contributed by atoms with van der Waals surface area (Å²) in [7, 11) is 3.57. The summed E-state index contributed by atoms with van der Waals surface area (Å²) in [6.07, 6.45) is 0. The number of carboxylic acids is 2. The monoisotopic (exact) mass is 451 g/mol. The molecule has 3 rings (SSSR count). The van der Waals surface area contributed by atoms with E-state index in [-0.39, 0.29) is 5.54 Å². The molecule has 2 aromatic rings. The molecule has 1 aliphatic heterocycles. The van der Waals surface area contributed by atoms with Crippen molar-refractivity contribution < 1.29 is 29.0 Å². The van der Waals surface area contributed by atoms with E-state index in [9.17, 15) is 0 Å². The highest BCUT2D eigenvalue weighted by Gasteiger charge is 2.36. The fourth-order valence-electron chi connectivity index (χ4n) is 3.21. The lowest BCUT2D eigenvalue weighted by molar-refractivity contribution is -0.135. The van der Waals surface area contributed by atoms with E-state index < -0.39 is 11.9 Å². The summed E-state index contributed by atoms with van der Waals surface area (Å²) in [5, 5.41) is 26.1. The molecular weight excluding hydrogens is 418 g/mol. The molecule has 2 heterocycles. The van der Waals surface area contributed by atoms with E-state index in [0.717, 1.165) is 44.9 Å². The number of rotatable bonds is 5. The number of piperazine rings is 1. The summed E-state index contributed by atoms with van der Waals surface area (Å²) < 4.78 is 11.3. The van der Waals surface area contributed by atoms with Crippen LogP contribution < -0.4 is 19.9 Å². The van der Waals surface area contributed by atoms with Crippen LogP contribution in [0.5, 0.6) is 5.75 Å². The van der Waals surface area contributed by atoms with Gasteiger partial charge < -0.3 is 34.5 Å². The zero-order valence-corrected chi connectivity index (χ0v) is 19.5. The van der Waals surface area contributed by atoms with Gasteiger partial charge in [0.15, 0.2) is 0 Å². The van der Waals surface area contributed by atoms with Crippen molar-refractivity contribution >= 4 is 23.6 Å². The molecule has 1 aromatic heterocycles. The molecule has 0 aliphatic carbocycles. The molecule has 0 radical (unpaired) electrons. The fourth-order valence-corrected chi connectivity index (χ4v) is 3.21. The van der Waals surface area contributed by atoms with Gasteiger partial charge in [-0.3, -0.25) is 9.59 Å². The van der Waals surface area contributed by atoms with E-state index >= 15 is 0 Å². The Bertz CT molecular complexity index is 850. The Kier molecular flexibility index (Phi) is 10.4. The topological polar surface area (TPSA) is 141 Å². The highest BCUT2D eigenvalue weighted by atomic mass is 16.5. The molecule has 178 valence electrons. The largest absolute Gasteiger partial charge is 0.495 e. The van der Waals surface area contributed by atoms with Gasteiger partial charge in [-0.15, -0.1) is 5.10 Å². The van der Waals surface area contributed by atoms with E-state index in [4.69, 9.17) is 29.0 Å². The Morgan fingerprint density at radius 1 is 1.16 bits per heavy atom. The SMILES string of the molecule is CC(=O)O.CC(=O)O.CNCc1nnc(N2CCN(c3ccccc3OC)C(C)(C)C2)o1. The summed E-state index contributed by atoms with van der Waals surface area (Å²) in [6.45, 7) is 9.66. The second-order valence-corrected chi connectivity index (χ2v) is 7.60. The summed E-state index contributed by atoms with van der Waals surface area (Å²) in [4.78, 5) is 22.5. The average molecular weight is 452 g/mol. The number of ether oxygens (including phenoxy) is 1. The summed E-state index contributed by atoms with van der Waals surface area (Å²) >= 11 is 0. The van der Waals surface area contributed by atoms with Crippen LogP contribution >= 0.6 is 0 Å². The molecule has 1 aromatic carbocycles. The number of methoxy groups -OCH3 is 1. The van der Waals surface area contributed by atoms with Crippen molar-refractivity contribution in [3.05, 3.63) is 30.2 Å². The fraction of sp³-hybridized carbons (Fsp3) is 0.524. The Balaban J connectivity index is 0.000000554. The molecule has 3 N–H and O–H groups in total. The first kappa shape index (κ1) is 26.7. The van der Waals surface area contributed by atoms with Gasteiger partial charge in [0.05, 0.1) is 24.9 Å². The van der Waals surface area contributed by atoms with Gasteiger partial charge >= 0.3 is 6.01 Å². The van der Waals surface area contributed by atoms with Crippen LogP contribution in [0.15, 0.2) is 28.7 Å². The van der Waals surface area contributed by atoms with Crippen molar-refractivity contribution in [3.8, 4) is 5.75 Å². The molecular formula is C21H33N5O6. The zero-order valence-electron chi connectivity index (χ0n) is 19.5. The maximum Gasteiger partial charge on any atom is 0.318 e. The maximum atomic E-state index is 9.00. The number of carbonyl (C=O) groups is 2. The lowest BCUT2D eigenvalue weighted by atomic mass is 9.97. The van der Waals surface area contributed by atoms with E-state index in [1.807, 2.05) is 25.2 Å². The average Bonchev–Trinajstić information content (AvgIpc) is 3.15. The molecule has 0 saturated carbocycles. The molecule has 1 fully saturated rings. The van der Waals surface area contributed by atoms with Gasteiger partial charge in [-0.2, -0.15) is 0 Å². The lowest BCUT2D eigenvalue weighted by Crippen LogP contribution is -2.60. The molecule has 32 heavy (non-hydrogen) atoms. The van der Waals surface area contributed by atoms with Gasteiger partial charge in [0, 0.05) is 33.5 Å². The number of hydrogen-bond acceptors (Lipinski definition) is 9. The summed E-state index contributed by atoms with van der Waals surface area (Å²) in [5.74, 6) is -0.161. The van der Waals surface area contributed by atoms with E-state index in [1.54, 1.807) is 7.11 Å². The zero-order chi connectivity index (χ0) is 24.3. The van der Waals surface area contributed by atoms with Crippen LogP contribution in [-0.2, 0) is 16.1 Å². The first-order chi connectivity index (χ1) is 15.0. The highest BCUT2D eigenvalue weighted by molar-refractivity contribution is 5.63. The third-order valence-electron chi connectivity index (χ3n) is 4.33. The van der Waals surface area contributed by atoms with E-state index in [2.05, 4.69) is 45.2 Å². The van der Waals surface area contributed by atoms with Crippen LogP contribution in [0.3, 0.4) is 0 Å². The molecule has 0 unspecified atom stereocenters. The van der Waals surface area contributed by atoms with Gasteiger partial charge in [0.2, 0.25) is 5.89 Å². The number of para-hydroxylation sites is 2. The van der Waals surface area contributed by atoms with Crippen molar-refractivity contribution in [3.63, 3.8) is 0 Å². The number of aliphatic carboxylic acids is 2. The first-order valence-electron chi connectivity index (χ1n) is 10.0. The highest BCUT2D eigenvalue weighted by Crippen LogP contribution is 2.35. The van der Waals surface area contributed by atoms with Crippen LogP contribution in [0, 0.1) is 0 Å². The maximum absolute atomic E-state index is 9.00. The predicted molar refractivity (Wildman–Crippen MR) is 120 cm³/mol. The Labute approximate surface area is 188 Å². The third-order valence-corrected chi connectivity index (χ3v) is 4.33. The van der Waals surface area contributed by atoms with Gasteiger partial charge in [0.1, 0.15) is 5.75 Å². The molecule has 1 aliphatic rings. The number of nitrogens with one attached hydrogen (secondary N) is 1. The summed E-state index contributed by atoms with van der Waals surface area (Å²) in [6, 6.07) is 8.73. The number of anilines is 2. The van der Waals surface area contributed by atoms with Crippen LogP contribution in [0.2, 0.25) is 0 Å². The van der Waals surface area contributed by atoms with Crippen molar-refractivity contribution in [1.29, 1.82) is 0 Å². The minimum Gasteiger partial charge on any atom is -0.495 e. The first-order valence-corrected chi connectivity index (χ1v) is 10.0. The van der Waals surface area contributed by atoms with Crippen LogP contribution in [-0.4, -0.2) is 71.7 Å². The van der Waals surface area contributed by atoms with Crippen molar-refractivity contribution in [1.82, 2.24) is 15.5 Å². The Morgan fingerprint density at radius 3 is 2.28 bits per heavy atom. The molecule has 1 saturated heterocycles. The molecule has 0 bridgehead atoms. The lowest BCUT2D eigenvalue weighted by Gasteiger charge is -2.48. The van der Waals surface area contributed by atoms with Crippen LogP contribution in [0.25, 0.3) is 0 Å². The molecule has 0 atom stereocenters. The van der Waals surface area contributed by atoms with Gasteiger partial charge in [-0.05, 0) is 33.0 Å². The number of aromatic nitrogens is 2. The van der Waals surface area contributed by atoms with Crippen LogP contribution in [0.1, 0.15) is 33.6 Å². The summed E-state index contributed by atoms with van der Waals surface area (Å²) in [5.41, 5.74) is 1.02. The van der Waals surface area contributed by atoms with Crippen molar-refractivity contribution in [2.75, 3.05) is 43.6 Å². The second-order valence-electron chi connectivity index (χ2n) is 7.60. The van der Waals surface area contributed by atoms with E-state index in [0.29, 0.717) is 18.5 Å². The third kappa shape index (κ3) is 8.42. The quantitative estimate of drug-likeness (QED) is 0.615. The van der Waals surface area contributed by atoms with Gasteiger partial charge in [-0.25, -0.2) is 0 Å². The minimum atomic E-state index is -0.833. The number of carboxylic acid groups (broad SMARTS) is 2. The molecule has 0 amide bonds. The van der Waals surface area contributed by atoms with Crippen LogP contribution in [0.4, 0.5) is 11.7 Å². The van der Waals surface area contributed by atoms with Crippen molar-refractivity contribution in [2.45, 2.75) is 39.8 Å². The molecule has 11 nitrogen and oxygen atoms in total. The number of benzene rings is 1. The smallest absolute Gasteiger partial charge is 0.318 e. The Hall–Kier alpha value is -3.34. The van der Waals surface area contributed by atoms with E-state index in [1.165, 1.54) is 0 Å². The standard InChI is InChI=1S/C17H25N5O2.2C2H4O2/c1-17(2)12-21(16-20-19-15(24-16)11-18-3)9-10-22(17)13-7-5-6-8-14(13)23-4;2*1-2(3)4/h5-8,18H,9-12H2,1-4H3;2*1H3,(H,3,4). The molecule has 0 spiro atoms. The number of nitrogens with zero attached hydrogens (tertiary/aromatic N) is 4.